The minimum absolute atomic E-state index is 0.109. The Morgan fingerprint density at radius 2 is 1.64 bits per heavy atom. The third-order valence-electron chi connectivity index (χ3n) is 4.35. The molecule has 1 atom stereocenters. The number of methoxy groups -OCH3 is 1. The standard InChI is InChI=1S/C18H22N2O6S2/c1-14-13-17(7-8-18(14)25-2)27(21,22)19-15-3-5-16(6-4-15)28(23,24)20-9-11-26-12-10-20/h3-8,13H,9-12H2,1-2H3,(H,19,21,22). The summed E-state index contributed by atoms with van der Waals surface area (Å²) in [6, 6.07) is 10.2. The summed E-state index contributed by atoms with van der Waals surface area (Å²) in [4.78, 5) is 0.258. The van der Waals surface area contributed by atoms with Crippen molar-refractivity contribution in [1.29, 1.82) is 0 Å². The van der Waals surface area contributed by atoms with Crippen molar-refractivity contribution in [3.8, 4) is 5.75 Å². The number of ether oxygens (including phenoxy) is 2. The zero-order valence-electron chi connectivity index (χ0n) is 15.6. The van der Waals surface area contributed by atoms with Crippen LogP contribution in [-0.4, -0.2) is 54.9 Å². The molecule has 2 aromatic carbocycles. The van der Waals surface area contributed by atoms with E-state index in [2.05, 4.69) is 4.36 Å². The summed E-state index contributed by atoms with van der Waals surface area (Å²) in [5.74, 6) is 0.608. The zero-order chi connectivity index (χ0) is 20.4. The molecule has 2 aromatic rings. The Balaban J connectivity index is 1.88. The summed E-state index contributed by atoms with van der Waals surface area (Å²) in [5, 5.41) is 0. The van der Waals surface area contributed by atoms with Gasteiger partial charge in [0.2, 0.25) is 10.0 Å². The lowest BCUT2D eigenvalue weighted by molar-refractivity contribution is 0.0730. The van der Waals surface area contributed by atoms with E-state index in [4.69, 9.17) is 9.47 Å². The van der Waals surface area contributed by atoms with Gasteiger partial charge in [-0.25, -0.2) is 12.6 Å². The summed E-state index contributed by atoms with van der Waals surface area (Å²) in [6.07, 6.45) is 0. The third kappa shape index (κ3) is 4.36. The average Bonchev–Trinajstić information content (AvgIpc) is 2.68. The number of nitrogens with zero attached hydrogens (tertiary/aromatic N) is 2. The molecule has 0 bridgehead atoms. The van der Waals surface area contributed by atoms with E-state index >= 15 is 0 Å². The summed E-state index contributed by atoms with van der Waals surface area (Å²) < 4.78 is 63.8. The fourth-order valence-electron chi connectivity index (χ4n) is 2.83. The van der Waals surface area contributed by atoms with Gasteiger partial charge < -0.3 is 9.47 Å². The van der Waals surface area contributed by atoms with Gasteiger partial charge in [-0.3, -0.25) is 4.55 Å². The quantitative estimate of drug-likeness (QED) is 0.788. The van der Waals surface area contributed by atoms with Crippen LogP contribution in [0.3, 0.4) is 0 Å². The van der Waals surface area contributed by atoms with Crippen LogP contribution in [0.5, 0.6) is 5.75 Å². The van der Waals surface area contributed by atoms with E-state index in [1.165, 1.54) is 41.7 Å². The maximum Gasteiger partial charge on any atom is 0.243 e. The van der Waals surface area contributed by atoms with Gasteiger partial charge in [0.05, 0.1) is 35.8 Å². The predicted octanol–water partition coefficient (Wildman–Crippen LogP) is 2.66. The lowest BCUT2D eigenvalue weighted by Gasteiger charge is -2.26. The predicted molar refractivity (Wildman–Crippen MR) is 105 cm³/mol. The van der Waals surface area contributed by atoms with Gasteiger partial charge in [-0.2, -0.15) is 8.67 Å². The number of morpholine rings is 1. The zero-order valence-corrected chi connectivity index (χ0v) is 17.2. The van der Waals surface area contributed by atoms with Crippen molar-refractivity contribution in [3.05, 3.63) is 48.0 Å². The first-order chi connectivity index (χ1) is 13.2. The third-order valence-corrected chi connectivity index (χ3v) is 7.59. The molecule has 1 saturated heterocycles. The van der Waals surface area contributed by atoms with Gasteiger partial charge in [0.15, 0.2) is 10.0 Å². The van der Waals surface area contributed by atoms with Crippen LogP contribution in [0.15, 0.2) is 56.6 Å². The van der Waals surface area contributed by atoms with Crippen molar-refractivity contribution >= 4 is 25.7 Å². The fraction of sp³-hybridized carbons (Fsp3) is 0.333. The van der Waals surface area contributed by atoms with Crippen LogP contribution in [0.2, 0.25) is 0 Å². The van der Waals surface area contributed by atoms with Gasteiger partial charge in [-0.15, -0.1) is 0 Å². The SMILES string of the molecule is COc1ccc(S(=O)(O)=Nc2ccc(S(=O)(=O)N3CCOCC3)cc2)cc1C. The molecule has 10 heteroatoms. The Morgan fingerprint density at radius 1 is 1.04 bits per heavy atom. The molecule has 1 fully saturated rings. The Hall–Kier alpha value is -1.98. The van der Waals surface area contributed by atoms with Crippen LogP contribution >= 0.6 is 0 Å². The number of hydrogen-bond donors (Lipinski definition) is 1. The van der Waals surface area contributed by atoms with Crippen LogP contribution < -0.4 is 4.74 Å². The van der Waals surface area contributed by atoms with Gasteiger partial charge in [0, 0.05) is 13.1 Å². The van der Waals surface area contributed by atoms with Crippen molar-refractivity contribution in [3.63, 3.8) is 0 Å². The number of rotatable bonds is 5. The highest BCUT2D eigenvalue weighted by Gasteiger charge is 2.26. The highest BCUT2D eigenvalue weighted by Crippen LogP contribution is 2.26. The molecule has 28 heavy (non-hydrogen) atoms. The molecule has 0 aliphatic carbocycles. The Labute approximate surface area is 165 Å². The Bertz CT molecular complexity index is 1070. The molecule has 1 aliphatic heterocycles. The molecule has 0 saturated carbocycles. The average molecular weight is 427 g/mol. The second-order valence-electron chi connectivity index (χ2n) is 6.23. The summed E-state index contributed by atoms with van der Waals surface area (Å²) in [7, 11) is -5.79. The lowest BCUT2D eigenvalue weighted by atomic mass is 10.2. The highest BCUT2D eigenvalue weighted by molar-refractivity contribution is 7.89. The highest BCUT2D eigenvalue weighted by atomic mass is 32.2. The van der Waals surface area contributed by atoms with Gasteiger partial charge >= 0.3 is 0 Å². The summed E-state index contributed by atoms with van der Waals surface area (Å²) in [5.41, 5.74) is 0.922. The summed E-state index contributed by atoms with van der Waals surface area (Å²) >= 11 is 0. The second kappa shape index (κ2) is 8.18. The topological polar surface area (TPSA) is 106 Å². The van der Waals surface area contributed by atoms with E-state index in [-0.39, 0.29) is 15.5 Å². The van der Waals surface area contributed by atoms with E-state index < -0.39 is 20.0 Å². The normalized spacial score (nSPS) is 17.7. The van der Waals surface area contributed by atoms with Crippen LogP contribution in [0.1, 0.15) is 5.56 Å². The van der Waals surface area contributed by atoms with Crippen LogP contribution in [0, 0.1) is 6.92 Å². The molecule has 1 heterocycles. The largest absolute Gasteiger partial charge is 0.496 e. The van der Waals surface area contributed by atoms with E-state index in [0.29, 0.717) is 37.6 Å². The molecule has 1 aliphatic rings. The molecule has 152 valence electrons. The minimum atomic E-state index is -3.69. The van der Waals surface area contributed by atoms with Crippen molar-refractivity contribution in [2.45, 2.75) is 16.7 Å². The van der Waals surface area contributed by atoms with Crippen molar-refractivity contribution in [2.75, 3.05) is 33.4 Å². The monoisotopic (exact) mass is 426 g/mol. The van der Waals surface area contributed by atoms with E-state index in [9.17, 15) is 17.2 Å². The molecule has 0 radical (unpaired) electrons. The molecule has 8 nitrogen and oxygen atoms in total. The van der Waals surface area contributed by atoms with Gasteiger partial charge in [0.1, 0.15) is 5.75 Å². The molecule has 1 unspecified atom stereocenters. The first-order valence-corrected chi connectivity index (χ1v) is 11.5. The number of benzene rings is 2. The van der Waals surface area contributed by atoms with E-state index in [1.54, 1.807) is 19.1 Å². The minimum Gasteiger partial charge on any atom is -0.496 e. The first kappa shape index (κ1) is 20.7. The van der Waals surface area contributed by atoms with Gasteiger partial charge in [-0.1, -0.05) is 0 Å². The number of sulfonamides is 1. The maximum atomic E-state index is 12.6. The molecular weight excluding hydrogens is 404 g/mol. The number of hydrogen-bond acceptors (Lipinski definition) is 6. The van der Waals surface area contributed by atoms with Crippen LogP contribution in [0.4, 0.5) is 5.69 Å². The first-order valence-electron chi connectivity index (χ1n) is 8.56. The molecule has 0 aromatic heterocycles. The van der Waals surface area contributed by atoms with E-state index in [1.807, 2.05) is 0 Å². The maximum absolute atomic E-state index is 12.6. The lowest BCUT2D eigenvalue weighted by Crippen LogP contribution is -2.40. The molecule has 0 amide bonds. The van der Waals surface area contributed by atoms with Crippen LogP contribution in [-0.2, 0) is 24.8 Å². The second-order valence-corrected chi connectivity index (χ2v) is 9.81. The molecule has 1 N–H and O–H groups in total. The fourth-order valence-corrected chi connectivity index (χ4v) is 5.32. The van der Waals surface area contributed by atoms with Gasteiger partial charge in [0.25, 0.3) is 0 Å². The molecule has 0 spiro atoms. The van der Waals surface area contributed by atoms with Crippen molar-refractivity contribution < 1.29 is 26.7 Å². The Morgan fingerprint density at radius 3 is 2.21 bits per heavy atom. The van der Waals surface area contributed by atoms with Gasteiger partial charge in [-0.05, 0) is 55.0 Å². The van der Waals surface area contributed by atoms with E-state index in [0.717, 1.165) is 0 Å². The summed E-state index contributed by atoms with van der Waals surface area (Å²) in [6.45, 7) is 3.09. The van der Waals surface area contributed by atoms with Crippen molar-refractivity contribution in [1.82, 2.24) is 4.31 Å². The molecule has 3 rings (SSSR count). The van der Waals surface area contributed by atoms with Crippen molar-refractivity contribution in [2.24, 2.45) is 4.36 Å². The van der Waals surface area contributed by atoms with Crippen LogP contribution in [0.25, 0.3) is 0 Å². The molecular formula is C18H22N2O6S2. The number of aryl methyl sites for hydroxylation is 1. The smallest absolute Gasteiger partial charge is 0.243 e. The Kier molecular flexibility index (Phi) is 6.06.